The van der Waals surface area contributed by atoms with E-state index in [0.717, 1.165) is 25.9 Å². The smallest absolute Gasteiger partial charge is 0.0672 e. The molecule has 1 saturated heterocycles. The first-order valence-electron chi connectivity index (χ1n) is 6.98. The van der Waals surface area contributed by atoms with E-state index in [1.54, 1.807) is 0 Å². The first-order chi connectivity index (χ1) is 9.29. The summed E-state index contributed by atoms with van der Waals surface area (Å²) >= 11 is 0. The van der Waals surface area contributed by atoms with Gasteiger partial charge in [-0.2, -0.15) is 5.26 Å². The van der Waals surface area contributed by atoms with E-state index in [-0.39, 0.29) is 5.92 Å². The van der Waals surface area contributed by atoms with Crippen molar-refractivity contribution in [2.75, 3.05) is 13.1 Å². The van der Waals surface area contributed by atoms with E-state index >= 15 is 0 Å². The van der Waals surface area contributed by atoms with E-state index in [1.165, 1.54) is 16.5 Å². The summed E-state index contributed by atoms with van der Waals surface area (Å²) in [4.78, 5) is 5.76. The summed E-state index contributed by atoms with van der Waals surface area (Å²) in [6.07, 6.45) is 4.19. The number of hydrogen-bond donors (Lipinski definition) is 1. The van der Waals surface area contributed by atoms with Crippen LogP contribution in [0.15, 0.2) is 30.5 Å². The molecular weight excluding hydrogens is 234 g/mol. The quantitative estimate of drug-likeness (QED) is 0.914. The number of benzene rings is 1. The van der Waals surface area contributed by atoms with Crippen LogP contribution in [0.4, 0.5) is 0 Å². The maximum absolute atomic E-state index is 9.07. The highest BCUT2D eigenvalue weighted by atomic mass is 15.2. The van der Waals surface area contributed by atoms with Crippen molar-refractivity contribution < 1.29 is 0 Å². The summed E-state index contributed by atoms with van der Waals surface area (Å²) in [5.74, 6) is 0.211. The van der Waals surface area contributed by atoms with Gasteiger partial charge in [-0.3, -0.25) is 4.90 Å². The Balaban J connectivity index is 1.69. The second-order valence-electron chi connectivity index (χ2n) is 5.41. The molecule has 0 bridgehead atoms. The molecule has 0 saturated carbocycles. The lowest BCUT2D eigenvalue weighted by atomic mass is 10.0. The van der Waals surface area contributed by atoms with Crippen LogP contribution in [0.25, 0.3) is 10.9 Å². The second-order valence-corrected chi connectivity index (χ2v) is 5.41. The van der Waals surface area contributed by atoms with E-state index in [0.29, 0.717) is 6.04 Å². The Hall–Kier alpha value is -1.79. The maximum atomic E-state index is 9.07. The van der Waals surface area contributed by atoms with E-state index in [9.17, 15) is 0 Å². The van der Waals surface area contributed by atoms with Gasteiger partial charge in [0.1, 0.15) is 0 Å². The van der Waals surface area contributed by atoms with Gasteiger partial charge >= 0.3 is 0 Å². The largest absolute Gasteiger partial charge is 0.361 e. The molecule has 0 radical (unpaired) electrons. The van der Waals surface area contributed by atoms with Gasteiger partial charge in [-0.1, -0.05) is 18.2 Å². The minimum absolute atomic E-state index is 0.211. The van der Waals surface area contributed by atoms with Crippen LogP contribution in [-0.4, -0.2) is 29.0 Å². The van der Waals surface area contributed by atoms with Gasteiger partial charge in [0.15, 0.2) is 0 Å². The first kappa shape index (κ1) is 12.3. The Bertz CT molecular complexity index is 608. The standard InChI is InChI=1S/C16H19N3/c1-12-13(10-17)6-8-19(12)9-7-14-11-18-16-5-3-2-4-15(14)16/h2-5,11-13,18H,6-9H2,1H3. The van der Waals surface area contributed by atoms with Gasteiger partial charge in [0.2, 0.25) is 0 Å². The third-order valence-corrected chi connectivity index (χ3v) is 4.39. The molecule has 2 atom stereocenters. The van der Waals surface area contributed by atoms with Gasteiger partial charge in [0.25, 0.3) is 0 Å². The number of nitrogens with zero attached hydrogens (tertiary/aromatic N) is 2. The molecular formula is C16H19N3. The average Bonchev–Trinajstić information content (AvgIpc) is 3.00. The van der Waals surface area contributed by atoms with Gasteiger partial charge in [-0.15, -0.1) is 0 Å². The van der Waals surface area contributed by atoms with Crippen LogP contribution >= 0.6 is 0 Å². The SMILES string of the molecule is CC1C(C#N)CCN1CCc1c[nH]c2ccccc12. The van der Waals surface area contributed by atoms with E-state index in [4.69, 9.17) is 5.26 Å². The normalized spacial score (nSPS) is 23.8. The van der Waals surface area contributed by atoms with Crippen molar-refractivity contribution >= 4 is 10.9 Å². The molecule has 1 aliphatic rings. The molecule has 98 valence electrons. The molecule has 19 heavy (non-hydrogen) atoms. The molecule has 1 N–H and O–H groups in total. The summed E-state index contributed by atoms with van der Waals surface area (Å²) in [6, 6.07) is 11.2. The fourth-order valence-electron chi connectivity index (χ4n) is 3.09. The number of nitriles is 1. The van der Waals surface area contributed by atoms with Crippen molar-refractivity contribution in [1.82, 2.24) is 9.88 Å². The lowest BCUT2D eigenvalue weighted by Gasteiger charge is -2.21. The zero-order chi connectivity index (χ0) is 13.2. The van der Waals surface area contributed by atoms with Crippen LogP contribution in [-0.2, 0) is 6.42 Å². The molecule has 0 spiro atoms. The molecule has 3 nitrogen and oxygen atoms in total. The highest BCUT2D eigenvalue weighted by Gasteiger charge is 2.29. The van der Waals surface area contributed by atoms with Gasteiger partial charge < -0.3 is 4.98 Å². The summed E-state index contributed by atoms with van der Waals surface area (Å²) in [5, 5.41) is 10.4. The number of para-hydroxylation sites is 1. The topological polar surface area (TPSA) is 42.8 Å². The number of rotatable bonds is 3. The van der Waals surface area contributed by atoms with Gasteiger partial charge in [-0.25, -0.2) is 0 Å². The Morgan fingerprint density at radius 1 is 1.42 bits per heavy atom. The number of hydrogen-bond acceptors (Lipinski definition) is 2. The highest BCUT2D eigenvalue weighted by Crippen LogP contribution is 2.24. The zero-order valence-corrected chi connectivity index (χ0v) is 11.3. The van der Waals surface area contributed by atoms with Crippen molar-refractivity contribution in [3.63, 3.8) is 0 Å². The Morgan fingerprint density at radius 2 is 2.26 bits per heavy atom. The summed E-state index contributed by atoms with van der Waals surface area (Å²) in [6.45, 7) is 4.28. The minimum Gasteiger partial charge on any atom is -0.361 e. The van der Waals surface area contributed by atoms with Crippen LogP contribution in [0.2, 0.25) is 0 Å². The van der Waals surface area contributed by atoms with Crippen molar-refractivity contribution in [1.29, 1.82) is 5.26 Å². The first-order valence-corrected chi connectivity index (χ1v) is 6.98. The van der Waals surface area contributed by atoms with Crippen molar-refractivity contribution in [3.05, 3.63) is 36.0 Å². The Kier molecular flexibility index (Phi) is 3.27. The molecule has 1 aromatic heterocycles. The van der Waals surface area contributed by atoms with Gasteiger partial charge in [0, 0.05) is 29.7 Å². The molecule has 0 amide bonds. The number of likely N-dealkylation sites (tertiary alicyclic amines) is 1. The minimum atomic E-state index is 0.211. The molecule has 2 aromatic rings. The van der Waals surface area contributed by atoms with E-state index in [2.05, 4.69) is 53.3 Å². The number of fused-ring (bicyclic) bond motifs is 1. The van der Waals surface area contributed by atoms with Crippen LogP contribution in [0, 0.1) is 17.2 Å². The number of nitrogens with one attached hydrogen (secondary N) is 1. The maximum Gasteiger partial charge on any atom is 0.0672 e. The van der Waals surface area contributed by atoms with Gasteiger partial charge in [0.05, 0.1) is 12.0 Å². The lowest BCUT2D eigenvalue weighted by Crippen LogP contribution is -2.31. The Labute approximate surface area is 113 Å². The molecule has 2 heterocycles. The van der Waals surface area contributed by atoms with Gasteiger partial charge in [-0.05, 0) is 37.9 Å². The third-order valence-electron chi connectivity index (χ3n) is 4.39. The van der Waals surface area contributed by atoms with E-state index < -0.39 is 0 Å². The van der Waals surface area contributed by atoms with Crippen LogP contribution < -0.4 is 0 Å². The summed E-state index contributed by atoms with van der Waals surface area (Å²) in [7, 11) is 0. The molecule has 3 rings (SSSR count). The van der Waals surface area contributed by atoms with E-state index in [1.807, 2.05) is 0 Å². The molecule has 1 aromatic carbocycles. The number of aromatic nitrogens is 1. The van der Waals surface area contributed by atoms with Crippen molar-refractivity contribution in [2.45, 2.75) is 25.8 Å². The summed E-state index contributed by atoms with van der Waals surface area (Å²) in [5.41, 5.74) is 2.59. The molecule has 1 fully saturated rings. The van der Waals surface area contributed by atoms with Crippen molar-refractivity contribution in [2.24, 2.45) is 5.92 Å². The Morgan fingerprint density at radius 3 is 3.05 bits per heavy atom. The monoisotopic (exact) mass is 253 g/mol. The van der Waals surface area contributed by atoms with Crippen LogP contribution in [0.3, 0.4) is 0 Å². The zero-order valence-electron chi connectivity index (χ0n) is 11.3. The number of H-pyrrole nitrogens is 1. The average molecular weight is 253 g/mol. The fourth-order valence-corrected chi connectivity index (χ4v) is 3.09. The third kappa shape index (κ3) is 2.24. The number of aromatic amines is 1. The molecule has 2 unspecified atom stereocenters. The molecule has 0 aliphatic carbocycles. The highest BCUT2D eigenvalue weighted by molar-refractivity contribution is 5.83. The summed E-state index contributed by atoms with van der Waals surface area (Å²) < 4.78 is 0. The lowest BCUT2D eigenvalue weighted by molar-refractivity contribution is 0.259. The van der Waals surface area contributed by atoms with Crippen LogP contribution in [0.1, 0.15) is 18.9 Å². The predicted octanol–water partition coefficient (Wildman–Crippen LogP) is 2.94. The predicted molar refractivity (Wildman–Crippen MR) is 76.8 cm³/mol. The fraction of sp³-hybridized carbons (Fsp3) is 0.438. The van der Waals surface area contributed by atoms with Crippen molar-refractivity contribution in [3.8, 4) is 6.07 Å². The second kappa shape index (κ2) is 5.07. The molecule has 3 heteroatoms. The molecule has 1 aliphatic heterocycles. The van der Waals surface area contributed by atoms with Crippen LogP contribution in [0.5, 0.6) is 0 Å².